The van der Waals surface area contributed by atoms with Gasteiger partial charge in [-0.2, -0.15) is 4.31 Å². The van der Waals surface area contributed by atoms with E-state index >= 15 is 0 Å². The van der Waals surface area contributed by atoms with E-state index in [9.17, 15) is 13.2 Å². The Bertz CT molecular complexity index is 1080. The lowest BCUT2D eigenvalue weighted by molar-refractivity contribution is -0.895. The smallest absolute Gasteiger partial charge is 0.275 e. The SMILES string of the molecule is Cc1ccc(S(=O)(=O)N2CC[NH+](CC(=O)NCc3ccc4c(c3)OCO4)CC2)cc1C. The molecule has 1 fully saturated rings. The first-order valence-corrected chi connectivity index (χ1v) is 11.8. The number of carbonyl (C=O) groups excluding carboxylic acids is 1. The molecule has 0 aliphatic carbocycles. The van der Waals surface area contributed by atoms with Crippen molar-refractivity contribution >= 4 is 15.9 Å². The van der Waals surface area contributed by atoms with E-state index in [0.717, 1.165) is 21.6 Å². The summed E-state index contributed by atoms with van der Waals surface area (Å²) in [5.74, 6) is 1.35. The number of hydrogen-bond donors (Lipinski definition) is 2. The van der Waals surface area contributed by atoms with Crippen molar-refractivity contribution < 1.29 is 27.6 Å². The molecule has 2 aromatic carbocycles. The van der Waals surface area contributed by atoms with Gasteiger partial charge in [-0.1, -0.05) is 12.1 Å². The van der Waals surface area contributed by atoms with Crippen molar-refractivity contribution in [2.75, 3.05) is 39.5 Å². The van der Waals surface area contributed by atoms with Gasteiger partial charge in [-0.05, 0) is 54.8 Å². The fourth-order valence-corrected chi connectivity index (χ4v) is 5.31. The van der Waals surface area contributed by atoms with Crippen LogP contribution in [-0.4, -0.2) is 58.1 Å². The summed E-state index contributed by atoms with van der Waals surface area (Å²) in [6.45, 7) is 6.84. The second kappa shape index (κ2) is 8.86. The normalized spacial score (nSPS) is 17.0. The molecule has 0 atom stereocenters. The molecule has 0 radical (unpaired) electrons. The van der Waals surface area contributed by atoms with Crippen LogP contribution in [0.15, 0.2) is 41.3 Å². The van der Waals surface area contributed by atoms with Gasteiger partial charge in [-0.3, -0.25) is 4.79 Å². The number of sulfonamides is 1. The molecule has 8 nitrogen and oxygen atoms in total. The number of piperazine rings is 1. The largest absolute Gasteiger partial charge is 0.454 e. The topological polar surface area (TPSA) is 89.4 Å². The molecule has 0 saturated carbocycles. The average molecular weight is 447 g/mol. The predicted octanol–water partition coefficient (Wildman–Crippen LogP) is 0.238. The van der Waals surface area contributed by atoms with Crippen LogP contribution in [0.3, 0.4) is 0 Å². The van der Waals surface area contributed by atoms with Crippen LogP contribution >= 0.6 is 0 Å². The first-order valence-electron chi connectivity index (χ1n) is 10.4. The zero-order valence-corrected chi connectivity index (χ0v) is 18.6. The number of benzene rings is 2. The summed E-state index contributed by atoms with van der Waals surface area (Å²) < 4.78 is 38.0. The van der Waals surface area contributed by atoms with Crippen LogP contribution in [0.25, 0.3) is 0 Å². The minimum atomic E-state index is -3.51. The summed E-state index contributed by atoms with van der Waals surface area (Å²) in [5.41, 5.74) is 2.97. The minimum absolute atomic E-state index is 0.0573. The van der Waals surface area contributed by atoms with Crippen LogP contribution in [-0.2, 0) is 21.4 Å². The molecule has 0 spiro atoms. The highest BCUT2D eigenvalue weighted by atomic mass is 32.2. The molecule has 2 heterocycles. The molecule has 2 aliphatic heterocycles. The van der Waals surface area contributed by atoms with Crippen molar-refractivity contribution in [2.45, 2.75) is 25.3 Å². The molecule has 0 unspecified atom stereocenters. The molecule has 9 heteroatoms. The Morgan fingerprint density at radius 3 is 2.52 bits per heavy atom. The first-order chi connectivity index (χ1) is 14.8. The number of quaternary nitrogens is 1. The van der Waals surface area contributed by atoms with Gasteiger partial charge in [0.25, 0.3) is 5.91 Å². The monoisotopic (exact) mass is 446 g/mol. The Morgan fingerprint density at radius 1 is 1.03 bits per heavy atom. The summed E-state index contributed by atoms with van der Waals surface area (Å²) in [6.07, 6.45) is 0. The highest BCUT2D eigenvalue weighted by Gasteiger charge is 2.31. The summed E-state index contributed by atoms with van der Waals surface area (Å²) >= 11 is 0. The molecule has 0 aromatic heterocycles. The highest BCUT2D eigenvalue weighted by molar-refractivity contribution is 7.89. The second-order valence-electron chi connectivity index (χ2n) is 8.04. The Kier molecular flexibility index (Phi) is 6.17. The van der Waals surface area contributed by atoms with Gasteiger partial charge in [0.2, 0.25) is 16.8 Å². The third kappa shape index (κ3) is 4.84. The zero-order valence-electron chi connectivity index (χ0n) is 17.8. The van der Waals surface area contributed by atoms with Crippen LogP contribution in [0.1, 0.15) is 16.7 Å². The standard InChI is InChI=1S/C22H27N3O5S/c1-16-3-5-19(11-17(16)2)31(27,28)25-9-7-24(8-10-25)14-22(26)23-13-18-4-6-20-21(12-18)30-15-29-20/h3-6,11-12H,7-10,13-15H2,1-2H3,(H,23,26)/p+1. The highest BCUT2D eigenvalue weighted by Crippen LogP contribution is 2.32. The van der Waals surface area contributed by atoms with Crippen LogP contribution in [0.5, 0.6) is 11.5 Å². The lowest BCUT2D eigenvalue weighted by Crippen LogP contribution is -3.15. The number of nitrogens with zero attached hydrogens (tertiary/aromatic N) is 1. The van der Waals surface area contributed by atoms with E-state index in [2.05, 4.69) is 5.32 Å². The molecule has 2 N–H and O–H groups in total. The fraction of sp³-hybridized carbons (Fsp3) is 0.409. The number of rotatable bonds is 6. The van der Waals surface area contributed by atoms with Gasteiger partial charge >= 0.3 is 0 Å². The van der Waals surface area contributed by atoms with Crippen molar-refractivity contribution in [3.8, 4) is 11.5 Å². The maximum Gasteiger partial charge on any atom is 0.275 e. The zero-order chi connectivity index (χ0) is 22.0. The van der Waals surface area contributed by atoms with E-state index < -0.39 is 10.0 Å². The van der Waals surface area contributed by atoms with E-state index in [1.54, 1.807) is 12.1 Å². The van der Waals surface area contributed by atoms with E-state index in [0.29, 0.717) is 55.7 Å². The Balaban J connectivity index is 1.26. The van der Waals surface area contributed by atoms with Crippen LogP contribution in [0.2, 0.25) is 0 Å². The number of hydrogen-bond acceptors (Lipinski definition) is 5. The molecule has 2 aliphatic rings. The van der Waals surface area contributed by atoms with Crippen molar-refractivity contribution in [3.05, 3.63) is 53.1 Å². The lowest BCUT2D eigenvalue weighted by Gasteiger charge is -2.31. The molecule has 31 heavy (non-hydrogen) atoms. The number of carbonyl (C=O) groups is 1. The molecule has 1 amide bonds. The fourth-order valence-electron chi connectivity index (χ4n) is 3.78. The molecule has 0 bridgehead atoms. The van der Waals surface area contributed by atoms with Gasteiger partial charge in [0.05, 0.1) is 31.1 Å². The van der Waals surface area contributed by atoms with E-state index in [4.69, 9.17) is 9.47 Å². The quantitative estimate of drug-likeness (QED) is 0.664. The summed E-state index contributed by atoms with van der Waals surface area (Å²) in [7, 11) is -3.51. The van der Waals surface area contributed by atoms with E-state index in [1.807, 2.05) is 38.1 Å². The summed E-state index contributed by atoms with van der Waals surface area (Å²) in [5, 5.41) is 2.93. The van der Waals surface area contributed by atoms with Gasteiger partial charge in [-0.25, -0.2) is 8.42 Å². The average Bonchev–Trinajstić information content (AvgIpc) is 3.22. The van der Waals surface area contributed by atoms with Crippen LogP contribution in [0, 0.1) is 13.8 Å². The van der Waals surface area contributed by atoms with Crippen molar-refractivity contribution in [3.63, 3.8) is 0 Å². The number of nitrogens with one attached hydrogen (secondary N) is 2. The van der Waals surface area contributed by atoms with Crippen molar-refractivity contribution in [1.82, 2.24) is 9.62 Å². The van der Waals surface area contributed by atoms with Gasteiger partial charge in [0.15, 0.2) is 18.0 Å². The van der Waals surface area contributed by atoms with E-state index in [-0.39, 0.29) is 12.7 Å². The number of fused-ring (bicyclic) bond motifs is 1. The molecular formula is C22H28N3O5S+. The molecule has 166 valence electrons. The maximum absolute atomic E-state index is 12.9. The maximum atomic E-state index is 12.9. The third-order valence-electron chi connectivity index (χ3n) is 5.88. The minimum Gasteiger partial charge on any atom is -0.454 e. The predicted molar refractivity (Wildman–Crippen MR) is 115 cm³/mol. The van der Waals surface area contributed by atoms with Gasteiger partial charge in [0.1, 0.15) is 0 Å². The Labute approximate surface area is 182 Å². The van der Waals surface area contributed by atoms with Gasteiger partial charge in [0, 0.05) is 6.54 Å². The van der Waals surface area contributed by atoms with Gasteiger partial charge in [-0.15, -0.1) is 0 Å². The van der Waals surface area contributed by atoms with Crippen LogP contribution < -0.4 is 19.7 Å². The van der Waals surface area contributed by atoms with Crippen molar-refractivity contribution in [2.24, 2.45) is 0 Å². The summed E-state index contributed by atoms with van der Waals surface area (Å²) in [4.78, 5) is 13.8. The molecule has 4 rings (SSSR count). The Morgan fingerprint density at radius 2 is 1.77 bits per heavy atom. The summed E-state index contributed by atoms with van der Waals surface area (Å²) in [6, 6.07) is 10.8. The first kappa shape index (κ1) is 21.6. The third-order valence-corrected chi connectivity index (χ3v) is 7.78. The molecule has 1 saturated heterocycles. The van der Waals surface area contributed by atoms with Crippen LogP contribution in [0.4, 0.5) is 0 Å². The molecule has 2 aromatic rings. The lowest BCUT2D eigenvalue weighted by atomic mass is 10.1. The number of aryl methyl sites for hydroxylation is 2. The van der Waals surface area contributed by atoms with E-state index in [1.165, 1.54) is 4.31 Å². The molecular weight excluding hydrogens is 418 g/mol. The number of amides is 1. The number of ether oxygens (including phenoxy) is 2. The van der Waals surface area contributed by atoms with Gasteiger partial charge < -0.3 is 19.7 Å². The van der Waals surface area contributed by atoms with Crippen molar-refractivity contribution in [1.29, 1.82) is 0 Å². The Hall–Kier alpha value is -2.62. The second-order valence-corrected chi connectivity index (χ2v) is 9.98.